The number of rotatable bonds is 5. The molecule has 0 spiro atoms. The van der Waals surface area contributed by atoms with Crippen LogP contribution < -0.4 is 11.1 Å². The van der Waals surface area contributed by atoms with E-state index in [0.29, 0.717) is 18.5 Å². The van der Waals surface area contributed by atoms with Crippen LogP contribution in [0.25, 0.3) is 0 Å². The largest absolute Gasteiger partial charge is 0.353 e. The van der Waals surface area contributed by atoms with Crippen molar-refractivity contribution < 1.29 is 4.79 Å². The maximum atomic E-state index is 11.9. The summed E-state index contributed by atoms with van der Waals surface area (Å²) in [7, 11) is 0. The van der Waals surface area contributed by atoms with E-state index in [1.165, 1.54) is 18.4 Å². The minimum atomic E-state index is -0.0852. The summed E-state index contributed by atoms with van der Waals surface area (Å²) in [5.74, 6) is 0.585. The molecule has 1 fully saturated rings. The van der Waals surface area contributed by atoms with Gasteiger partial charge in [-0.2, -0.15) is 0 Å². The van der Waals surface area contributed by atoms with E-state index in [1.807, 2.05) is 13.0 Å². The quantitative estimate of drug-likeness (QED) is 0.877. The molecule has 20 heavy (non-hydrogen) atoms. The van der Waals surface area contributed by atoms with Gasteiger partial charge in [-0.05, 0) is 30.7 Å². The normalized spacial score (nSPS) is 22.9. The summed E-state index contributed by atoms with van der Waals surface area (Å²) in [5.41, 5.74) is 6.91. The molecule has 0 aromatic heterocycles. The third-order valence-electron chi connectivity index (χ3n) is 4.13. The average molecular weight is 297 g/mol. The molecule has 4 heteroatoms. The molecule has 1 aromatic carbocycles. The number of benzene rings is 1. The zero-order chi connectivity index (χ0) is 13.7. The smallest absolute Gasteiger partial charge is 0.224 e. The molecular formula is C16H25ClN2O. The Bertz CT molecular complexity index is 410. The zero-order valence-corrected chi connectivity index (χ0v) is 12.9. The van der Waals surface area contributed by atoms with Crippen molar-refractivity contribution in [1.82, 2.24) is 5.32 Å². The molecule has 0 saturated heterocycles. The molecule has 1 aromatic rings. The minimum Gasteiger partial charge on any atom is -0.353 e. The molecule has 1 saturated carbocycles. The van der Waals surface area contributed by atoms with Crippen molar-refractivity contribution in [2.75, 3.05) is 6.54 Å². The first kappa shape index (κ1) is 17.0. The highest BCUT2D eigenvalue weighted by Crippen LogP contribution is 2.29. The lowest BCUT2D eigenvalue weighted by Crippen LogP contribution is -2.42. The van der Waals surface area contributed by atoms with Crippen molar-refractivity contribution in [2.24, 2.45) is 17.6 Å². The van der Waals surface area contributed by atoms with E-state index in [2.05, 4.69) is 29.6 Å². The summed E-state index contributed by atoms with van der Waals surface area (Å²) in [6.45, 7) is 2.30. The van der Waals surface area contributed by atoms with Crippen molar-refractivity contribution in [2.45, 2.75) is 38.6 Å². The van der Waals surface area contributed by atoms with Crippen molar-refractivity contribution in [3.8, 4) is 0 Å². The van der Waals surface area contributed by atoms with Crippen LogP contribution in [0.5, 0.6) is 0 Å². The van der Waals surface area contributed by atoms with Crippen LogP contribution in [0.4, 0.5) is 0 Å². The van der Waals surface area contributed by atoms with Gasteiger partial charge < -0.3 is 11.1 Å². The Balaban J connectivity index is 0.00000200. The predicted molar refractivity (Wildman–Crippen MR) is 84.9 cm³/mol. The van der Waals surface area contributed by atoms with Crippen LogP contribution in [0.1, 0.15) is 31.7 Å². The van der Waals surface area contributed by atoms with Gasteiger partial charge in [0.25, 0.3) is 0 Å². The Labute approximate surface area is 127 Å². The number of nitrogens with two attached hydrogens (primary N) is 1. The number of amides is 1. The first-order chi connectivity index (χ1) is 9.20. The van der Waals surface area contributed by atoms with Crippen LogP contribution in [-0.2, 0) is 11.2 Å². The van der Waals surface area contributed by atoms with Crippen LogP contribution in [0, 0.1) is 11.8 Å². The van der Waals surface area contributed by atoms with Crippen molar-refractivity contribution in [1.29, 1.82) is 0 Å². The van der Waals surface area contributed by atoms with Gasteiger partial charge in [0, 0.05) is 18.5 Å². The number of carbonyl (C=O) groups excluding carboxylic acids is 1. The zero-order valence-electron chi connectivity index (χ0n) is 12.0. The van der Waals surface area contributed by atoms with Gasteiger partial charge >= 0.3 is 0 Å². The Morgan fingerprint density at radius 3 is 2.70 bits per heavy atom. The summed E-state index contributed by atoms with van der Waals surface area (Å²) >= 11 is 0. The Kier molecular flexibility index (Phi) is 7.03. The van der Waals surface area contributed by atoms with Gasteiger partial charge in [0.05, 0.1) is 0 Å². The van der Waals surface area contributed by atoms with E-state index in [1.54, 1.807) is 0 Å². The van der Waals surface area contributed by atoms with Crippen molar-refractivity contribution >= 4 is 18.3 Å². The second kappa shape index (κ2) is 8.28. The molecule has 3 unspecified atom stereocenters. The monoisotopic (exact) mass is 296 g/mol. The van der Waals surface area contributed by atoms with E-state index < -0.39 is 0 Å². The Morgan fingerprint density at radius 2 is 2.05 bits per heavy atom. The standard InChI is InChI=1S/C16H24N2O.ClH/c1-12(11-17)16(19)18-15-9-5-8-14(15)10-13-6-3-2-4-7-13;/h2-4,6-7,12,14-15H,5,8-11,17H2,1H3,(H,18,19);1H. The lowest BCUT2D eigenvalue weighted by atomic mass is 9.94. The molecule has 0 bridgehead atoms. The number of hydrogen-bond donors (Lipinski definition) is 2. The summed E-state index contributed by atoms with van der Waals surface area (Å²) in [6.07, 6.45) is 4.57. The second-order valence-corrected chi connectivity index (χ2v) is 5.63. The summed E-state index contributed by atoms with van der Waals surface area (Å²) in [5, 5.41) is 3.18. The maximum absolute atomic E-state index is 11.9. The Hall–Kier alpha value is -1.06. The fraction of sp³-hybridized carbons (Fsp3) is 0.562. The van der Waals surface area contributed by atoms with Crippen molar-refractivity contribution in [3.63, 3.8) is 0 Å². The van der Waals surface area contributed by atoms with Gasteiger partial charge in [0.1, 0.15) is 0 Å². The van der Waals surface area contributed by atoms with Gasteiger partial charge in [-0.15, -0.1) is 12.4 Å². The first-order valence-electron chi connectivity index (χ1n) is 7.25. The minimum absolute atomic E-state index is 0. The fourth-order valence-electron chi connectivity index (χ4n) is 2.82. The SMILES string of the molecule is CC(CN)C(=O)NC1CCCC1Cc1ccccc1.Cl. The van der Waals surface area contributed by atoms with Crippen LogP contribution in [0.15, 0.2) is 30.3 Å². The lowest BCUT2D eigenvalue weighted by molar-refractivity contribution is -0.125. The van der Waals surface area contributed by atoms with Crippen LogP contribution >= 0.6 is 12.4 Å². The van der Waals surface area contributed by atoms with Gasteiger partial charge in [-0.25, -0.2) is 0 Å². The maximum Gasteiger partial charge on any atom is 0.224 e. The number of halogens is 1. The molecule has 1 aliphatic carbocycles. The predicted octanol–water partition coefficient (Wildman–Crippen LogP) is 2.53. The summed E-state index contributed by atoms with van der Waals surface area (Å²) < 4.78 is 0. The highest BCUT2D eigenvalue weighted by Gasteiger charge is 2.29. The number of nitrogens with one attached hydrogen (secondary N) is 1. The Morgan fingerprint density at radius 1 is 1.35 bits per heavy atom. The molecule has 0 aliphatic heterocycles. The van der Waals surface area contributed by atoms with Gasteiger partial charge in [0.2, 0.25) is 5.91 Å². The first-order valence-corrected chi connectivity index (χ1v) is 7.25. The topological polar surface area (TPSA) is 55.1 Å². The number of hydrogen-bond acceptors (Lipinski definition) is 2. The van der Waals surface area contributed by atoms with E-state index in [9.17, 15) is 4.79 Å². The number of carbonyl (C=O) groups is 1. The third-order valence-corrected chi connectivity index (χ3v) is 4.13. The molecule has 2 rings (SSSR count). The molecule has 0 radical (unpaired) electrons. The second-order valence-electron chi connectivity index (χ2n) is 5.63. The highest BCUT2D eigenvalue weighted by molar-refractivity contribution is 5.85. The van der Waals surface area contributed by atoms with E-state index >= 15 is 0 Å². The lowest BCUT2D eigenvalue weighted by Gasteiger charge is -2.22. The van der Waals surface area contributed by atoms with Gasteiger partial charge in [0.15, 0.2) is 0 Å². The van der Waals surface area contributed by atoms with E-state index in [-0.39, 0.29) is 24.2 Å². The van der Waals surface area contributed by atoms with Gasteiger partial charge in [-0.1, -0.05) is 43.7 Å². The van der Waals surface area contributed by atoms with Crippen LogP contribution in [-0.4, -0.2) is 18.5 Å². The molecular weight excluding hydrogens is 272 g/mol. The van der Waals surface area contributed by atoms with E-state index in [0.717, 1.165) is 12.8 Å². The van der Waals surface area contributed by atoms with Crippen LogP contribution in [0.3, 0.4) is 0 Å². The average Bonchev–Trinajstić information content (AvgIpc) is 2.86. The highest BCUT2D eigenvalue weighted by atomic mass is 35.5. The van der Waals surface area contributed by atoms with E-state index in [4.69, 9.17) is 5.73 Å². The molecule has 3 nitrogen and oxygen atoms in total. The summed E-state index contributed by atoms with van der Waals surface area (Å²) in [4.78, 5) is 11.9. The summed E-state index contributed by atoms with van der Waals surface area (Å²) in [6, 6.07) is 10.9. The molecule has 3 atom stereocenters. The molecule has 112 valence electrons. The molecule has 0 heterocycles. The molecule has 1 amide bonds. The van der Waals surface area contributed by atoms with Gasteiger partial charge in [-0.3, -0.25) is 4.79 Å². The fourth-order valence-corrected chi connectivity index (χ4v) is 2.82. The third kappa shape index (κ3) is 4.50. The van der Waals surface area contributed by atoms with Crippen molar-refractivity contribution in [3.05, 3.63) is 35.9 Å². The molecule has 3 N–H and O–H groups in total. The van der Waals surface area contributed by atoms with Crippen LogP contribution in [0.2, 0.25) is 0 Å². The molecule has 1 aliphatic rings.